The van der Waals surface area contributed by atoms with Crippen LogP contribution in [-0.2, 0) is 0 Å². The van der Waals surface area contributed by atoms with Gasteiger partial charge in [-0.2, -0.15) is 0 Å². The molecule has 1 N–H and O–H groups in total. The van der Waals surface area contributed by atoms with E-state index in [-0.39, 0.29) is 0 Å². The highest BCUT2D eigenvalue weighted by Gasteiger charge is 2.38. The maximum atomic E-state index is 3.69. The Morgan fingerprint density at radius 1 is 1.12 bits per heavy atom. The molecule has 0 aromatic carbocycles. The molecule has 0 aromatic rings. The van der Waals surface area contributed by atoms with Gasteiger partial charge in [0, 0.05) is 18.1 Å². The maximum Gasteiger partial charge on any atom is 0.0252 e. The number of nitrogens with zero attached hydrogens (tertiary/aromatic N) is 1. The number of nitrogens with one attached hydrogen (secondary N) is 1. The normalized spacial score (nSPS) is 30.2. The second-order valence-corrected chi connectivity index (χ2v) is 5.48. The standard InChI is InChI=1S/C14H28N2/c1-3-5-11-16(12-9-10-12)14-8-6-7-13(14)15-4-2/h12-15H,3-11H2,1-2H3. The number of unbranched alkanes of at least 4 members (excludes halogenated alkanes) is 1. The van der Waals surface area contributed by atoms with Crippen LogP contribution in [0.1, 0.15) is 58.8 Å². The molecule has 0 aromatic heterocycles. The van der Waals surface area contributed by atoms with E-state index in [9.17, 15) is 0 Å². The molecule has 2 rings (SSSR count). The van der Waals surface area contributed by atoms with Crippen LogP contribution >= 0.6 is 0 Å². The van der Waals surface area contributed by atoms with Gasteiger partial charge in [-0.05, 0) is 45.2 Å². The van der Waals surface area contributed by atoms with Gasteiger partial charge in [0.05, 0.1) is 0 Å². The van der Waals surface area contributed by atoms with E-state index in [1.807, 2.05) is 0 Å². The Bertz CT molecular complexity index is 201. The molecule has 2 aliphatic carbocycles. The minimum Gasteiger partial charge on any atom is -0.313 e. The molecule has 0 amide bonds. The van der Waals surface area contributed by atoms with Gasteiger partial charge in [0.1, 0.15) is 0 Å². The van der Waals surface area contributed by atoms with Crippen LogP contribution in [0.5, 0.6) is 0 Å². The van der Waals surface area contributed by atoms with Gasteiger partial charge in [0.2, 0.25) is 0 Å². The molecule has 0 spiro atoms. The molecular weight excluding hydrogens is 196 g/mol. The van der Waals surface area contributed by atoms with E-state index in [0.29, 0.717) is 0 Å². The predicted molar refractivity (Wildman–Crippen MR) is 69.7 cm³/mol. The molecule has 2 saturated carbocycles. The zero-order valence-electron chi connectivity index (χ0n) is 11.0. The zero-order valence-corrected chi connectivity index (χ0v) is 11.0. The second-order valence-electron chi connectivity index (χ2n) is 5.48. The lowest BCUT2D eigenvalue weighted by Gasteiger charge is -2.33. The van der Waals surface area contributed by atoms with Crippen LogP contribution in [0.4, 0.5) is 0 Å². The topological polar surface area (TPSA) is 15.3 Å². The molecule has 16 heavy (non-hydrogen) atoms. The fourth-order valence-electron chi connectivity index (χ4n) is 3.20. The lowest BCUT2D eigenvalue weighted by Crippen LogP contribution is -2.48. The molecule has 0 radical (unpaired) electrons. The summed E-state index contributed by atoms with van der Waals surface area (Å²) in [5, 5.41) is 3.69. The van der Waals surface area contributed by atoms with Crippen molar-refractivity contribution in [2.24, 2.45) is 0 Å². The van der Waals surface area contributed by atoms with E-state index in [1.54, 1.807) is 0 Å². The first-order valence-electron chi connectivity index (χ1n) is 7.36. The van der Waals surface area contributed by atoms with Crippen molar-refractivity contribution < 1.29 is 0 Å². The van der Waals surface area contributed by atoms with Crippen molar-refractivity contribution in [3.8, 4) is 0 Å². The summed E-state index contributed by atoms with van der Waals surface area (Å²) in [5.41, 5.74) is 0. The molecule has 2 unspecified atom stereocenters. The molecule has 2 aliphatic rings. The maximum absolute atomic E-state index is 3.69. The van der Waals surface area contributed by atoms with E-state index in [1.165, 1.54) is 51.5 Å². The highest BCUT2D eigenvalue weighted by molar-refractivity contribution is 4.96. The molecule has 0 aliphatic heterocycles. The van der Waals surface area contributed by atoms with Crippen molar-refractivity contribution in [2.75, 3.05) is 13.1 Å². The molecule has 94 valence electrons. The largest absolute Gasteiger partial charge is 0.313 e. The minimum atomic E-state index is 0.780. The van der Waals surface area contributed by atoms with Gasteiger partial charge in [-0.25, -0.2) is 0 Å². The van der Waals surface area contributed by atoms with Gasteiger partial charge >= 0.3 is 0 Å². The molecule has 2 fully saturated rings. The van der Waals surface area contributed by atoms with E-state index in [0.717, 1.165) is 24.7 Å². The molecular formula is C14H28N2. The van der Waals surface area contributed by atoms with Gasteiger partial charge in [0.25, 0.3) is 0 Å². The van der Waals surface area contributed by atoms with Crippen molar-refractivity contribution in [2.45, 2.75) is 76.9 Å². The summed E-state index contributed by atoms with van der Waals surface area (Å²) in [6.45, 7) is 7.02. The first kappa shape index (κ1) is 12.4. The fourth-order valence-corrected chi connectivity index (χ4v) is 3.20. The predicted octanol–water partition coefficient (Wildman–Crippen LogP) is 2.78. The molecule has 0 heterocycles. The van der Waals surface area contributed by atoms with Crippen molar-refractivity contribution in [3.05, 3.63) is 0 Å². The third-order valence-electron chi connectivity index (χ3n) is 4.16. The molecule has 0 saturated heterocycles. The van der Waals surface area contributed by atoms with Crippen LogP contribution < -0.4 is 5.32 Å². The average molecular weight is 224 g/mol. The van der Waals surface area contributed by atoms with Gasteiger partial charge in [-0.3, -0.25) is 4.90 Å². The second kappa shape index (κ2) is 6.02. The van der Waals surface area contributed by atoms with Crippen molar-refractivity contribution >= 4 is 0 Å². The monoisotopic (exact) mass is 224 g/mol. The van der Waals surface area contributed by atoms with Gasteiger partial charge in [0.15, 0.2) is 0 Å². The Morgan fingerprint density at radius 2 is 1.94 bits per heavy atom. The first-order chi connectivity index (χ1) is 7.86. The average Bonchev–Trinajstić information content (AvgIpc) is 3.02. The van der Waals surface area contributed by atoms with Crippen molar-refractivity contribution in [1.29, 1.82) is 0 Å². The summed E-state index contributed by atoms with van der Waals surface area (Å²) in [6.07, 6.45) is 9.88. The summed E-state index contributed by atoms with van der Waals surface area (Å²) in [7, 11) is 0. The Hall–Kier alpha value is -0.0800. The summed E-state index contributed by atoms with van der Waals surface area (Å²) in [5.74, 6) is 0. The van der Waals surface area contributed by atoms with E-state index >= 15 is 0 Å². The zero-order chi connectivity index (χ0) is 11.4. The number of hydrogen-bond acceptors (Lipinski definition) is 2. The Labute approximate surface area is 101 Å². The van der Waals surface area contributed by atoms with E-state index < -0.39 is 0 Å². The summed E-state index contributed by atoms with van der Waals surface area (Å²) < 4.78 is 0. The van der Waals surface area contributed by atoms with Crippen molar-refractivity contribution in [3.63, 3.8) is 0 Å². The fraction of sp³-hybridized carbons (Fsp3) is 1.00. The highest BCUT2D eigenvalue weighted by Crippen LogP contribution is 2.34. The van der Waals surface area contributed by atoms with Gasteiger partial charge < -0.3 is 5.32 Å². The highest BCUT2D eigenvalue weighted by atomic mass is 15.2. The van der Waals surface area contributed by atoms with Gasteiger partial charge in [-0.15, -0.1) is 0 Å². The lowest BCUT2D eigenvalue weighted by molar-refractivity contribution is 0.161. The lowest BCUT2D eigenvalue weighted by atomic mass is 10.1. The third-order valence-corrected chi connectivity index (χ3v) is 4.16. The third kappa shape index (κ3) is 2.98. The van der Waals surface area contributed by atoms with E-state index in [2.05, 4.69) is 24.1 Å². The summed E-state index contributed by atoms with van der Waals surface area (Å²) in [6, 6.07) is 2.57. The summed E-state index contributed by atoms with van der Waals surface area (Å²) in [4.78, 5) is 2.84. The van der Waals surface area contributed by atoms with Crippen LogP contribution in [0, 0.1) is 0 Å². The van der Waals surface area contributed by atoms with Crippen LogP contribution in [0.25, 0.3) is 0 Å². The smallest absolute Gasteiger partial charge is 0.0252 e. The number of likely N-dealkylation sites (N-methyl/N-ethyl adjacent to an activating group) is 1. The van der Waals surface area contributed by atoms with E-state index in [4.69, 9.17) is 0 Å². The SMILES string of the molecule is CCCCN(C1CC1)C1CCCC1NCC. The molecule has 0 bridgehead atoms. The first-order valence-corrected chi connectivity index (χ1v) is 7.36. The molecule has 2 atom stereocenters. The number of hydrogen-bond donors (Lipinski definition) is 1. The minimum absolute atomic E-state index is 0.780. The Balaban J connectivity index is 1.89. The van der Waals surface area contributed by atoms with Gasteiger partial charge in [-0.1, -0.05) is 26.7 Å². The Morgan fingerprint density at radius 3 is 2.56 bits per heavy atom. The Kier molecular flexibility index (Phi) is 4.66. The van der Waals surface area contributed by atoms with Crippen molar-refractivity contribution in [1.82, 2.24) is 10.2 Å². The van der Waals surface area contributed by atoms with Crippen LogP contribution in [-0.4, -0.2) is 36.1 Å². The quantitative estimate of drug-likeness (QED) is 0.715. The molecule has 2 nitrogen and oxygen atoms in total. The molecule has 2 heteroatoms. The van der Waals surface area contributed by atoms with Crippen LogP contribution in [0.15, 0.2) is 0 Å². The van der Waals surface area contributed by atoms with Crippen LogP contribution in [0.2, 0.25) is 0 Å². The summed E-state index contributed by atoms with van der Waals surface area (Å²) >= 11 is 0. The van der Waals surface area contributed by atoms with Crippen LogP contribution in [0.3, 0.4) is 0 Å². The number of rotatable bonds is 7.